The van der Waals surface area contributed by atoms with Crippen LogP contribution in [-0.4, -0.2) is 130 Å². The van der Waals surface area contributed by atoms with Crippen LogP contribution in [0.15, 0.2) is 0 Å². The summed E-state index contributed by atoms with van der Waals surface area (Å²) in [6.07, 6.45) is 10.2. The Morgan fingerprint density at radius 1 is 0.911 bits per heavy atom. The van der Waals surface area contributed by atoms with E-state index in [2.05, 4.69) is 17.6 Å². The van der Waals surface area contributed by atoms with Crippen molar-refractivity contribution >= 4 is 37.4 Å². The van der Waals surface area contributed by atoms with E-state index in [4.69, 9.17) is 35.1 Å². The van der Waals surface area contributed by atoms with E-state index in [-0.39, 0.29) is 32.6 Å². The molecule has 1 heterocycles. The van der Waals surface area contributed by atoms with Crippen molar-refractivity contribution in [3.05, 3.63) is 0 Å². The summed E-state index contributed by atoms with van der Waals surface area (Å²) in [5.41, 5.74) is 11.7. The van der Waals surface area contributed by atoms with Gasteiger partial charge in [-0.3, -0.25) is 28.2 Å². The van der Waals surface area contributed by atoms with Gasteiger partial charge in [-0.2, -0.15) is 0 Å². The van der Waals surface area contributed by atoms with Crippen molar-refractivity contribution in [2.45, 2.75) is 166 Å². The number of phosphoric ester groups is 1. The van der Waals surface area contributed by atoms with Crippen molar-refractivity contribution in [2.24, 2.45) is 11.5 Å². The third kappa shape index (κ3) is 20.6. The second-order valence-corrected chi connectivity index (χ2v) is 15.6. The molecule has 0 aromatic rings. The fourth-order valence-electron chi connectivity index (χ4n) is 6.34. The zero-order valence-corrected chi connectivity index (χ0v) is 34.2. The number of primary amides is 1. The quantitative estimate of drug-likeness (QED) is 0.0353. The van der Waals surface area contributed by atoms with Crippen LogP contribution in [0.2, 0.25) is 0 Å². The molecule has 1 aliphatic heterocycles. The minimum atomic E-state index is -4.32. The van der Waals surface area contributed by atoms with Gasteiger partial charge in [0.25, 0.3) is 0 Å². The summed E-state index contributed by atoms with van der Waals surface area (Å²) < 4.78 is 33.0. The number of aliphatic carboxylic acids is 1. The Balaban J connectivity index is 2.43. The van der Waals surface area contributed by atoms with Gasteiger partial charge in [-0.05, 0) is 19.8 Å². The van der Waals surface area contributed by atoms with Crippen molar-refractivity contribution in [2.75, 3.05) is 33.0 Å². The molecule has 0 radical (unpaired) electrons. The second-order valence-electron chi connectivity index (χ2n) is 14.2. The van der Waals surface area contributed by atoms with E-state index in [1.54, 1.807) is 0 Å². The molecule has 1 rings (SSSR count). The molecule has 0 spiro atoms. The van der Waals surface area contributed by atoms with Gasteiger partial charge in [0.2, 0.25) is 23.6 Å². The summed E-state index contributed by atoms with van der Waals surface area (Å²) in [5.74, 6) is -4.55. The lowest BCUT2D eigenvalue weighted by Crippen LogP contribution is -2.69. The zero-order valence-electron chi connectivity index (χ0n) is 33.3. The van der Waals surface area contributed by atoms with E-state index in [0.717, 1.165) is 31.1 Å². The van der Waals surface area contributed by atoms with Crippen LogP contribution in [0.1, 0.15) is 124 Å². The fraction of sp³-hybridized carbons (Fsp3) is 0.861. The smallest absolute Gasteiger partial charge is 0.472 e. The second kappa shape index (κ2) is 28.6. The summed E-state index contributed by atoms with van der Waals surface area (Å²) >= 11 is 0. The number of nitrogens with zero attached hydrogens (tertiary/aromatic N) is 1. The average Bonchev–Trinajstić information content (AvgIpc) is 3.13. The summed E-state index contributed by atoms with van der Waals surface area (Å²) in [6.45, 7) is 2.59. The molecule has 4 amide bonds. The lowest BCUT2D eigenvalue weighted by Gasteiger charge is -2.47. The highest BCUT2D eigenvalue weighted by Gasteiger charge is 2.49. The van der Waals surface area contributed by atoms with Crippen LogP contribution in [0.3, 0.4) is 0 Å². The first-order valence-electron chi connectivity index (χ1n) is 19.9. The fourth-order valence-corrected chi connectivity index (χ4v) is 7.09. The van der Waals surface area contributed by atoms with Crippen LogP contribution >= 0.6 is 7.82 Å². The first kappa shape index (κ1) is 51.3. The van der Waals surface area contributed by atoms with Gasteiger partial charge >= 0.3 is 13.8 Å². The molecule has 20 heteroatoms. The molecule has 19 nitrogen and oxygen atoms in total. The molecule has 326 valence electrons. The molecule has 0 aliphatic carbocycles. The van der Waals surface area contributed by atoms with Crippen molar-refractivity contribution in [3.63, 3.8) is 0 Å². The van der Waals surface area contributed by atoms with Gasteiger partial charge in [-0.25, -0.2) is 9.36 Å². The predicted molar refractivity (Wildman–Crippen MR) is 204 cm³/mol. The number of aliphatic hydroxyl groups is 2. The molecular weight excluding hydrogens is 757 g/mol. The lowest BCUT2D eigenvalue weighted by molar-refractivity contribution is -0.239. The number of carbonyl (C=O) groups excluding carboxylic acids is 4. The van der Waals surface area contributed by atoms with E-state index >= 15 is 0 Å². The summed E-state index contributed by atoms with van der Waals surface area (Å²) in [7, 11) is -4.32. The maximum absolute atomic E-state index is 13.2. The topological polar surface area (TPSA) is 300 Å². The first-order chi connectivity index (χ1) is 26.6. The number of carboxylic acid groups (broad SMARTS) is 1. The van der Waals surface area contributed by atoms with Crippen molar-refractivity contribution in [3.8, 4) is 0 Å². The average molecular weight is 826 g/mol. The molecule has 1 fully saturated rings. The molecule has 2 unspecified atom stereocenters. The van der Waals surface area contributed by atoms with Gasteiger partial charge in [-0.1, -0.05) is 90.4 Å². The monoisotopic (exact) mass is 825 g/mol. The van der Waals surface area contributed by atoms with Gasteiger partial charge in [0, 0.05) is 19.9 Å². The van der Waals surface area contributed by atoms with Crippen LogP contribution in [0.5, 0.6) is 0 Å². The number of aliphatic hydroxyl groups excluding tert-OH is 2. The number of carboxylic acids is 1. The van der Waals surface area contributed by atoms with Crippen LogP contribution in [0.4, 0.5) is 0 Å². The molecule has 0 aromatic carbocycles. The Labute approximate surface area is 330 Å². The van der Waals surface area contributed by atoms with Gasteiger partial charge in [-0.15, -0.1) is 0 Å². The van der Waals surface area contributed by atoms with Crippen LogP contribution in [0, 0.1) is 0 Å². The van der Waals surface area contributed by atoms with E-state index in [1.165, 1.54) is 71.1 Å². The molecule has 56 heavy (non-hydrogen) atoms. The van der Waals surface area contributed by atoms with Crippen molar-refractivity contribution in [1.82, 2.24) is 15.5 Å². The van der Waals surface area contributed by atoms with Gasteiger partial charge in [0.1, 0.15) is 37.0 Å². The number of phosphoric acid groups is 1. The van der Waals surface area contributed by atoms with Gasteiger partial charge in [0.15, 0.2) is 6.23 Å². The molecule has 1 saturated heterocycles. The van der Waals surface area contributed by atoms with E-state index < -0.39 is 93.3 Å². The van der Waals surface area contributed by atoms with Crippen molar-refractivity contribution < 1.29 is 67.3 Å². The normalized spacial score (nSPS) is 21.7. The predicted octanol–water partition coefficient (Wildman–Crippen LogP) is 1.58. The SMILES string of the molecule is CCCCCCCCCCCCCCCCOP(=O)(O)OCCNC(=O)CC[C@@H](NC(=O)[C@H](C)N(C(C)=O)C1O[C@H](CO)[C@@H](O)[C@H](OCC(=O)O)[C@H]1N)C(N)=O. The number of nitrogens with two attached hydrogens (primary N) is 2. The largest absolute Gasteiger partial charge is 0.480 e. The van der Waals surface area contributed by atoms with Crippen LogP contribution in [-0.2, 0) is 47.1 Å². The Kier molecular flexibility index (Phi) is 26.2. The molecule has 8 atom stereocenters. The number of hydrogen-bond acceptors (Lipinski definition) is 13. The lowest BCUT2D eigenvalue weighted by atomic mass is 9.95. The number of carbonyl (C=O) groups is 5. The summed E-state index contributed by atoms with van der Waals surface area (Å²) in [6, 6.07) is -4.11. The highest BCUT2D eigenvalue weighted by atomic mass is 31.2. The Morgan fingerprint density at radius 3 is 1.95 bits per heavy atom. The summed E-state index contributed by atoms with van der Waals surface area (Å²) in [5, 5.41) is 34.1. The number of amides is 4. The van der Waals surface area contributed by atoms with E-state index in [0.29, 0.717) is 6.42 Å². The Morgan fingerprint density at radius 2 is 1.45 bits per heavy atom. The molecule has 10 N–H and O–H groups in total. The van der Waals surface area contributed by atoms with Gasteiger partial charge in [0.05, 0.1) is 25.9 Å². The Bertz CT molecular complexity index is 1230. The van der Waals surface area contributed by atoms with E-state index in [1.807, 2.05) is 0 Å². The highest BCUT2D eigenvalue weighted by Crippen LogP contribution is 2.43. The van der Waals surface area contributed by atoms with E-state index in [9.17, 15) is 43.6 Å². The number of rotatable bonds is 32. The first-order valence-corrected chi connectivity index (χ1v) is 21.4. The standard InChI is InChI=1S/C36H68N5O14P/c1-4-5-6-7-8-9-10-11-12-13-14-15-16-17-21-53-56(50,51)54-22-20-39-29(44)19-18-27(34(38)48)40-35(49)25(2)41(26(3)43)36-31(37)33(52-24-30(45)46)32(47)28(23-42)55-36/h25,27-28,31-33,36,42,47H,4-24,37H2,1-3H3,(H2,38,48)(H,39,44)(H,40,49)(H,45,46)(H,50,51)/t25-,27+,28+,31+,32+,33+,36?/m0/s1. The van der Waals surface area contributed by atoms with Crippen LogP contribution < -0.4 is 22.1 Å². The Hall–Kier alpha value is -2.74. The number of ether oxygens (including phenoxy) is 2. The van der Waals surface area contributed by atoms with Crippen LogP contribution in [0.25, 0.3) is 0 Å². The molecule has 0 aromatic heterocycles. The maximum Gasteiger partial charge on any atom is 0.472 e. The minimum Gasteiger partial charge on any atom is -0.480 e. The van der Waals surface area contributed by atoms with Gasteiger partial charge < -0.3 is 56.7 Å². The number of hydrogen-bond donors (Lipinski definition) is 8. The van der Waals surface area contributed by atoms with Crippen molar-refractivity contribution in [1.29, 1.82) is 0 Å². The number of nitrogens with one attached hydrogen (secondary N) is 2. The number of unbranched alkanes of at least 4 members (excludes halogenated alkanes) is 13. The zero-order chi connectivity index (χ0) is 42.1. The minimum absolute atomic E-state index is 0.0652. The molecule has 1 aliphatic rings. The maximum atomic E-state index is 13.2. The summed E-state index contributed by atoms with van der Waals surface area (Å²) in [4.78, 5) is 72.4. The third-order valence-electron chi connectivity index (χ3n) is 9.51. The third-order valence-corrected chi connectivity index (χ3v) is 10.5. The highest BCUT2D eigenvalue weighted by molar-refractivity contribution is 7.47. The molecule has 0 bridgehead atoms. The molecule has 0 saturated carbocycles. The molecular formula is C36H68N5O14P.